The van der Waals surface area contributed by atoms with E-state index in [1.54, 1.807) is 7.05 Å². The number of aromatic nitrogens is 3. The molecule has 0 aliphatic heterocycles. The molecule has 7 nitrogen and oxygen atoms in total. The Kier molecular flexibility index (Phi) is 6.00. The largest absolute Gasteiger partial charge is 0.361 e. The third kappa shape index (κ3) is 3.77. The van der Waals surface area contributed by atoms with Gasteiger partial charge in [0.15, 0.2) is 5.96 Å². The van der Waals surface area contributed by atoms with Gasteiger partial charge in [-0.1, -0.05) is 19.0 Å². The summed E-state index contributed by atoms with van der Waals surface area (Å²) in [7, 11) is 3.73. The fourth-order valence-corrected chi connectivity index (χ4v) is 2.78. The van der Waals surface area contributed by atoms with Gasteiger partial charge in [0.2, 0.25) is 0 Å². The molecule has 7 heteroatoms. The van der Waals surface area contributed by atoms with Gasteiger partial charge < -0.3 is 15.2 Å². The Hall–Kier alpha value is -2.31. The van der Waals surface area contributed by atoms with Crippen molar-refractivity contribution < 1.29 is 4.52 Å². The third-order valence-corrected chi connectivity index (χ3v) is 4.35. The number of guanidine groups is 1. The Morgan fingerprint density at radius 1 is 1.12 bits per heavy atom. The molecule has 0 saturated carbocycles. The van der Waals surface area contributed by atoms with Gasteiger partial charge >= 0.3 is 0 Å². The molecular weight excluding hydrogens is 304 g/mol. The zero-order chi connectivity index (χ0) is 17.7. The summed E-state index contributed by atoms with van der Waals surface area (Å²) in [6, 6.07) is 0. The SMILES string of the molecule is CCc1noc(CC)c1CNC(=NC)NCc1c(C)nn(C)c1C. The maximum absolute atomic E-state index is 5.40. The molecule has 24 heavy (non-hydrogen) atoms. The molecule has 0 aromatic carbocycles. The fourth-order valence-electron chi connectivity index (χ4n) is 2.78. The van der Waals surface area contributed by atoms with Crippen molar-refractivity contribution in [2.75, 3.05) is 7.05 Å². The predicted molar refractivity (Wildman–Crippen MR) is 95.0 cm³/mol. The van der Waals surface area contributed by atoms with Gasteiger partial charge in [0, 0.05) is 50.4 Å². The van der Waals surface area contributed by atoms with Crippen LogP contribution in [0.1, 0.15) is 47.8 Å². The van der Waals surface area contributed by atoms with Crippen molar-refractivity contribution in [3.05, 3.63) is 34.0 Å². The van der Waals surface area contributed by atoms with Gasteiger partial charge in [-0.2, -0.15) is 5.10 Å². The number of aliphatic imine (C=N–C) groups is 1. The van der Waals surface area contributed by atoms with Crippen molar-refractivity contribution in [1.29, 1.82) is 0 Å². The van der Waals surface area contributed by atoms with Gasteiger partial charge in [-0.05, 0) is 20.3 Å². The van der Waals surface area contributed by atoms with Crippen molar-refractivity contribution in [3.63, 3.8) is 0 Å². The molecule has 2 N–H and O–H groups in total. The van der Waals surface area contributed by atoms with Gasteiger partial charge in [-0.25, -0.2) is 0 Å². The molecule has 0 aliphatic carbocycles. The Balaban J connectivity index is 2.00. The highest BCUT2D eigenvalue weighted by atomic mass is 16.5. The molecule has 2 aromatic heterocycles. The van der Waals surface area contributed by atoms with E-state index in [1.165, 1.54) is 5.56 Å². The number of nitrogens with zero attached hydrogens (tertiary/aromatic N) is 4. The quantitative estimate of drug-likeness (QED) is 0.625. The summed E-state index contributed by atoms with van der Waals surface area (Å²) in [6.07, 6.45) is 1.70. The number of nitrogens with one attached hydrogen (secondary N) is 2. The van der Waals surface area contributed by atoms with Gasteiger partial charge in [0.05, 0.1) is 11.4 Å². The second kappa shape index (κ2) is 7.99. The lowest BCUT2D eigenvalue weighted by Crippen LogP contribution is -2.36. The van der Waals surface area contributed by atoms with E-state index in [1.807, 2.05) is 18.7 Å². The Morgan fingerprint density at radius 2 is 1.79 bits per heavy atom. The first-order chi connectivity index (χ1) is 11.5. The molecule has 2 aromatic rings. The van der Waals surface area contributed by atoms with Crippen molar-refractivity contribution in [3.8, 4) is 0 Å². The van der Waals surface area contributed by atoms with Gasteiger partial charge in [0.1, 0.15) is 5.76 Å². The molecule has 0 atom stereocenters. The molecule has 0 saturated heterocycles. The van der Waals surface area contributed by atoms with Crippen molar-refractivity contribution in [2.45, 2.75) is 53.6 Å². The Morgan fingerprint density at radius 3 is 2.29 bits per heavy atom. The zero-order valence-corrected chi connectivity index (χ0v) is 15.5. The molecule has 0 unspecified atom stereocenters. The molecule has 2 heterocycles. The summed E-state index contributed by atoms with van der Waals surface area (Å²) in [5.41, 5.74) is 5.55. The molecule has 0 spiro atoms. The first-order valence-corrected chi connectivity index (χ1v) is 8.41. The third-order valence-electron chi connectivity index (χ3n) is 4.35. The molecule has 0 bridgehead atoms. The van der Waals surface area contributed by atoms with Crippen LogP contribution in [0.2, 0.25) is 0 Å². The summed E-state index contributed by atoms with van der Waals surface area (Å²) in [5.74, 6) is 1.69. The molecule has 0 amide bonds. The summed E-state index contributed by atoms with van der Waals surface area (Å²) >= 11 is 0. The fraction of sp³-hybridized carbons (Fsp3) is 0.588. The number of aryl methyl sites for hydroxylation is 4. The smallest absolute Gasteiger partial charge is 0.191 e. The Bertz CT molecular complexity index is 691. The first kappa shape index (κ1) is 18.0. The molecule has 0 aliphatic rings. The van der Waals surface area contributed by atoms with Crippen LogP contribution in [0.15, 0.2) is 9.52 Å². The molecular formula is C17H28N6O. The van der Waals surface area contributed by atoms with Crippen LogP contribution in [0.25, 0.3) is 0 Å². The number of hydrogen-bond acceptors (Lipinski definition) is 4. The molecule has 0 fully saturated rings. The number of rotatable bonds is 6. The highest BCUT2D eigenvalue weighted by Gasteiger charge is 2.14. The lowest BCUT2D eigenvalue weighted by molar-refractivity contribution is 0.380. The average molecular weight is 332 g/mol. The van der Waals surface area contributed by atoms with Crippen LogP contribution >= 0.6 is 0 Å². The van der Waals surface area contributed by atoms with Crippen LogP contribution in [0.3, 0.4) is 0 Å². The van der Waals surface area contributed by atoms with E-state index < -0.39 is 0 Å². The number of hydrogen-bond donors (Lipinski definition) is 2. The maximum atomic E-state index is 5.40. The van der Waals surface area contributed by atoms with Crippen LogP contribution in [0.4, 0.5) is 0 Å². The van der Waals surface area contributed by atoms with Crippen LogP contribution in [0, 0.1) is 13.8 Å². The summed E-state index contributed by atoms with van der Waals surface area (Å²) in [5, 5.41) is 15.3. The average Bonchev–Trinajstić information content (AvgIpc) is 3.09. The van der Waals surface area contributed by atoms with E-state index in [-0.39, 0.29) is 0 Å². The highest BCUT2D eigenvalue weighted by Crippen LogP contribution is 2.15. The van der Waals surface area contributed by atoms with Crippen LogP contribution < -0.4 is 10.6 Å². The van der Waals surface area contributed by atoms with Crippen molar-refractivity contribution in [1.82, 2.24) is 25.6 Å². The monoisotopic (exact) mass is 332 g/mol. The molecule has 132 valence electrons. The minimum Gasteiger partial charge on any atom is -0.361 e. The summed E-state index contributed by atoms with van der Waals surface area (Å²) < 4.78 is 7.31. The second-order valence-electron chi connectivity index (χ2n) is 5.79. The van der Waals surface area contributed by atoms with Crippen molar-refractivity contribution >= 4 is 5.96 Å². The van der Waals surface area contributed by atoms with E-state index >= 15 is 0 Å². The second-order valence-corrected chi connectivity index (χ2v) is 5.79. The summed E-state index contributed by atoms with van der Waals surface area (Å²) in [6.45, 7) is 9.60. The lowest BCUT2D eigenvalue weighted by Gasteiger charge is -2.12. The van der Waals surface area contributed by atoms with Gasteiger partial charge in [-0.3, -0.25) is 9.67 Å². The predicted octanol–water partition coefficient (Wildman–Crippen LogP) is 2.01. The van der Waals surface area contributed by atoms with Gasteiger partial charge in [0.25, 0.3) is 0 Å². The lowest BCUT2D eigenvalue weighted by atomic mass is 10.1. The van der Waals surface area contributed by atoms with E-state index in [2.05, 4.69) is 46.7 Å². The first-order valence-electron chi connectivity index (χ1n) is 8.41. The zero-order valence-electron chi connectivity index (χ0n) is 15.5. The van der Waals surface area contributed by atoms with Crippen LogP contribution in [-0.2, 0) is 33.0 Å². The van der Waals surface area contributed by atoms with Crippen molar-refractivity contribution in [2.24, 2.45) is 12.0 Å². The Labute approximate surface area is 143 Å². The minimum atomic E-state index is 0.653. The topological polar surface area (TPSA) is 80.3 Å². The standard InChI is InChI=1S/C17H28N6O/c1-7-15-14(16(8-2)24-22-15)10-20-17(18-5)19-9-13-11(3)21-23(6)12(13)4/h7-10H2,1-6H3,(H2,18,19,20). The summed E-state index contributed by atoms with van der Waals surface area (Å²) in [4.78, 5) is 4.30. The van der Waals surface area contributed by atoms with Crippen LogP contribution in [0.5, 0.6) is 0 Å². The van der Waals surface area contributed by atoms with E-state index in [9.17, 15) is 0 Å². The molecule has 2 rings (SSSR count). The van der Waals surface area contributed by atoms with Gasteiger partial charge in [-0.15, -0.1) is 0 Å². The maximum Gasteiger partial charge on any atom is 0.191 e. The normalized spacial score (nSPS) is 11.8. The highest BCUT2D eigenvalue weighted by molar-refractivity contribution is 5.79. The van der Waals surface area contributed by atoms with E-state index in [4.69, 9.17) is 4.52 Å². The van der Waals surface area contributed by atoms with E-state index in [0.29, 0.717) is 13.1 Å². The minimum absolute atomic E-state index is 0.653. The van der Waals surface area contributed by atoms with Crippen LogP contribution in [-0.4, -0.2) is 27.9 Å². The molecule has 0 radical (unpaired) electrons. The van der Waals surface area contributed by atoms with E-state index in [0.717, 1.165) is 47.2 Å².